The van der Waals surface area contributed by atoms with E-state index in [0.29, 0.717) is 28.6 Å². The van der Waals surface area contributed by atoms with Crippen molar-refractivity contribution < 1.29 is 19.1 Å². The van der Waals surface area contributed by atoms with E-state index < -0.39 is 18.5 Å². The van der Waals surface area contributed by atoms with Crippen LogP contribution in [0, 0.1) is 12.8 Å². The molecule has 0 saturated carbocycles. The van der Waals surface area contributed by atoms with E-state index in [1.54, 1.807) is 31.2 Å². The molecule has 0 fully saturated rings. The highest BCUT2D eigenvalue weighted by Crippen LogP contribution is 2.16. The van der Waals surface area contributed by atoms with Crippen molar-refractivity contribution in [1.29, 1.82) is 0 Å². The van der Waals surface area contributed by atoms with Crippen molar-refractivity contribution in [1.82, 2.24) is 10.3 Å². The number of nitrogens with one attached hydrogen (secondary N) is 2. The van der Waals surface area contributed by atoms with E-state index in [1.807, 2.05) is 13.8 Å². The topological polar surface area (TPSA) is 97.4 Å². The van der Waals surface area contributed by atoms with Crippen LogP contribution < -0.4 is 10.6 Å². The van der Waals surface area contributed by atoms with Crippen LogP contribution in [0.15, 0.2) is 30.5 Å². The molecule has 2 amide bonds. The molecule has 0 aliphatic rings. The second kappa shape index (κ2) is 9.10. The summed E-state index contributed by atoms with van der Waals surface area (Å²) in [5.74, 6) is -1.08. The maximum absolute atomic E-state index is 12.3. The smallest absolute Gasteiger partial charge is 0.350 e. The lowest BCUT2D eigenvalue weighted by Gasteiger charge is -2.12. The predicted octanol–water partition coefficient (Wildman–Crippen LogP) is 2.63. The van der Waals surface area contributed by atoms with Gasteiger partial charge in [-0.1, -0.05) is 26.0 Å². The molecule has 0 aliphatic heterocycles. The minimum Gasteiger partial charge on any atom is -0.451 e. The standard InChI is InChI=1S/C18H21N3O4S/c1-11(2)8-20-17(23)13-6-4-5-7-14(13)21-16(22)10-25-18(24)15-9-19-12(3)26-15/h4-7,9,11H,8,10H2,1-3H3,(H,20,23)(H,21,22). The molecule has 0 radical (unpaired) electrons. The lowest BCUT2D eigenvalue weighted by molar-refractivity contribution is -0.119. The molecule has 1 heterocycles. The lowest BCUT2D eigenvalue weighted by atomic mass is 10.1. The second-order valence-electron chi connectivity index (χ2n) is 6.02. The van der Waals surface area contributed by atoms with Gasteiger partial charge in [0.15, 0.2) is 6.61 Å². The molecule has 1 aromatic heterocycles. The van der Waals surface area contributed by atoms with Crippen molar-refractivity contribution in [3.8, 4) is 0 Å². The van der Waals surface area contributed by atoms with Crippen LogP contribution in [0.25, 0.3) is 0 Å². The van der Waals surface area contributed by atoms with Gasteiger partial charge in [0.1, 0.15) is 4.88 Å². The van der Waals surface area contributed by atoms with Crippen LogP contribution in [0.2, 0.25) is 0 Å². The summed E-state index contributed by atoms with van der Waals surface area (Å²) in [5, 5.41) is 6.15. The molecular weight excluding hydrogens is 354 g/mol. The van der Waals surface area contributed by atoms with Crippen molar-refractivity contribution in [3.05, 3.63) is 45.9 Å². The van der Waals surface area contributed by atoms with E-state index in [1.165, 1.54) is 17.5 Å². The molecule has 0 spiro atoms. The molecular formula is C18H21N3O4S. The first-order valence-electron chi connectivity index (χ1n) is 8.13. The number of thiazole rings is 1. The number of anilines is 1. The highest BCUT2D eigenvalue weighted by atomic mass is 32.1. The summed E-state index contributed by atoms with van der Waals surface area (Å²) in [6.07, 6.45) is 1.41. The third kappa shape index (κ3) is 5.66. The van der Waals surface area contributed by atoms with E-state index in [-0.39, 0.29) is 5.91 Å². The largest absolute Gasteiger partial charge is 0.451 e. The van der Waals surface area contributed by atoms with Gasteiger partial charge >= 0.3 is 5.97 Å². The molecule has 0 atom stereocenters. The van der Waals surface area contributed by atoms with Crippen molar-refractivity contribution in [2.75, 3.05) is 18.5 Å². The Balaban J connectivity index is 1.94. The molecule has 8 heteroatoms. The van der Waals surface area contributed by atoms with Gasteiger partial charge in [-0.3, -0.25) is 9.59 Å². The highest BCUT2D eigenvalue weighted by Gasteiger charge is 2.16. The second-order valence-corrected chi connectivity index (χ2v) is 7.25. The molecule has 7 nitrogen and oxygen atoms in total. The third-order valence-corrected chi connectivity index (χ3v) is 4.17. The summed E-state index contributed by atoms with van der Waals surface area (Å²) >= 11 is 1.20. The highest BCUT2D eigenvalue weighted by molar-refractivity contribution is 7.13. The van der Waals surface area contributed by atoms with Crippen molar-refractivity contribution in [2.45, 2.75) is 20.8 Å². The van der Waals surface area contributed by atoms with Crippen LogP contribution in [-0.4, -0.2) is 35.9 Å². The van der Waals surface area contributed by atoms with Gasteiger partial charge in [0, 0.05) is 6.54 Å². The normalized spacial score (nSPS) is 10.5. The summed E-state index contributed by atoms with van der Waals surface area (Å²) in [4.78, 5) is 40.5. The zero-order valence-electron chi connectivity index (χ0n) is 14.9. The Morgan fingerprint density at radius 2 is 1.96 bits per heavy atom. The number of benzene rings is 1. The number of nitrogens with zero attached hydrogens (tertiary/aromatic N) is 1. The molecule has 2 aromatic rings. The van der Waals surface area contributed by atoms with Crippen LogP contribution in [0.5, 0.6) is 0 Å². The summed E-state index contributed by atoms with van der Waals surface area (Å²) in [7, 11) is 0. The Morgan fingerprint density at radius 3 is 2.62 bits per heavy atom. The molecule has 0 bridgehead atoms. The first kappa shape index (κ1) is 19.6. The predicted molar refractivity (Wildman–Crippen MR) is 99.4 cm³/mol. The molecule has 0 saturated heterocycles. The van der Waals surface area contributed by atoms with Crippen LogP contribution in [0.3, 0.4) is 0 Å². The first-order valence-corrected chi connectivity index (χ1v) is 8.95. The maximum atomic E-state index is 12.3. The lowest BCUT2D eigenvalue weighted by Crippen LogP contribution is -2.29. The number of aromatic nitrogens is 1. The summed E-state index contributed by atoms with van der Waals surface area (Å²) < 4.78 is 4.97. The van der Waals surface area contributed by atoms with Crippen LogP contribution in [0.1, 0.15) is 38.9 Å². The molecule has 138 valence electrons. The number of amides is 2. The Morgan fingerprint density at radius 1 is 1.23 bits per heavy atom. The Bertz CT molecular complexity index is 801. The monoisotopic (exact) mass is 375 g/mol. The van der Waals surface area contributed by atoms with E-state index in [9.17, 15) is 14.4 Å². The van der Waals surface area contributed by atoms with Crippen LogP contribution in [-0.2, 0) is 9.53 Å². The van der Waals surface area contributed by atoms with Gasteiger partial charge in [-0.2, -0.15) is 0 Å². The van der Waals surface area contributed by atoms with Crippen LogP contribution in [0.4, 0.5) is 5.69 Å². The average Bonchev–Trinajstić information content (AvgIpc) is 3.04. The fourth-order valence-corrected chi connectivity index (χ4v) is 2.70. The van der Waals surface area contributed by atoms with Crippen molar-refractivity contribution >= 4 is 34.8 Å². The number of hydrogen-bond acceptors (Lipinski definition) is 6. The fourth-order valence-electron chi connectivity index (χ4n) is 2.03. The fraction of sp³-hybridized carbons (Fsp3) is 0.333. The number of rotatable bonds is 7. The Kier molecular flexibility index (Phi) is 6.85. The van der Waals surface area contributed by atoms with Gasteiger partial charge in [0.05, 0.1) is 22.5 Å². The van der Waals surface area contributed by atoms with E-state index in [4.69, 9.17) is 4.74 Å². The molecule has 1 aromatic carbocycles. The van der Waals surface area contributed by atoms with Gasteiger partial charge < -0.3 is 15.4 Å². The molecule has 26 heavy (non-hydrogen) atoms. The molecule has 0 aliphatic carbocycles. The van der Waals surface area contributed by atoms with Gasteiger partial charge in [0.25, 0.3) is 11.8 Å². The third-order valence-electron chi connectivity index (χ3n) is 3.27. The van der Waals surface area contributed by atoms with Crippen molar-refractivity contribution in [2.24, 2.45) is 5.92 Å². The summed E-state index contributed by atoms with van der Waals surface area (Å²) in [6.45, 7) is 5.85. The average molecular weight is 375 g/mol. The molecule has 2 rings (SSSR count). The molecule has 2 N–H and O–H groups in total. The van der Waals surface area contributed by atoms with Gasteiger partial charge in [-0.25, -0.2) is 9.78 Å². The van der Waals surface area contributed by atoms with Crippen molar-refractivity contribution in [3.63, 3.8) is 0 Å². The first-order chi connectivity index (χ1) is 12.4. The zero-order chi connectivity index (χ0) is 19.1. The Hall–Kier alpha value is -2.74. The molecule has 0 unspecified atom stereocenters. The number of aryl methyl sites for hydroxylation is 1. The van der Waals surface area contributed by atoms with Gasteiger partial charge in [-0.05, 0) is 25.0 Å². The maximum Gasteiger partial charge on any atom is 0.350 e. The SMILES string of the molecule is Cc1ncc(C(=O)OCC(=O)Nc2ccccc2C(=O)NCC(C)C)s1. The number of para-hydroxylation sites is 1. The summed E-state index contributed by atoms with van der Waals surface area (Å²) in [6, 6.07) is 6.67. The summed E-state index contributed by atoms with van der Waals surface area (Å²) in [5.41, 5.74) is 0.717. The van der Waals surface area contributed by atoms with E-state index in [0.717, 1.165) is 5.01 Å². The minimum absolute atomic E-state index is 0.272. The number of ether oxygens (including phenoxy) is 1. The Labute approximate surface area is 155 Å². The number of hydrogen-bond donors (Lipinski definition) is 2. The van der Waals surface area contributed by atoms with E-state index >= 15 is 0 Å². The zero-order valence-corrected chi connectivity index (χ0v) is 15.7. The van der Waals surface area contributed by atoms with Gasteiger partial charge in [0.2, 0.25) is 0 Å². The number of esters is 1. The van der Waals surface area contributed by atoms with Crippen LogP contribution >= 0.6 is 11.3 Å². The van der Waals surface area contributed by atoms with Gasteiger partial charge in [-0.15, -0.1) is 11.3 Å². The quantitative estimate of drug-likeness (QED) is 0.725. The minimum atomic E-state index is -0.603. The number of carbonyl (C=O) groups is 3. The van der Waals surface area contributed by atoms with E-state index in [2.05, 4.69) is 15.6 Å². The number of carbonyl (C=O) groups excluding carboxylic acids is 3.